The van der Waals surface area contributed by atoms with Crippen molar-refractivity contribution in [3.05, 3.63) is 23.3 Å². The number of methoxy groups -OCH3 is 2. The maximum absolute atomic E-state index is 11.6. The Labute approximate surface area is 130 Å². The number of carbonyl (C=O) groups is 1. The first kappa shape index (κ1) is 16.6. The Morgan fingerprint density at radius 1 is 1.32 bits per heavy atom. The molecule has 1 N–H and O–H groups in total. The quantitative estimate of drug-likeness (QED) is 0.867. The van der Waals surface area contributed by atoms with Crippen LogP contribution in [0.3, 0.4) is 0 Å². The normalized spacial score (nSPS) is 15.8. The summed E-state index contributed by atoms with van der Waals surface area (Å²) < 4.78 is 15.9. The summed E-state index contributed by atoms with van der Waals surface area (Å²) in [5.41, 5.74) is 0.889. The lowest BCUT2D eigenvalue weighted by Crippen LogP contribution is -2.36. The van der Waals surface area contributed by atoms with E-state index in [1.807, 2.05) is 7.05 Å². The summed E-state index contributed by atoms with van der Waals surface area (Å²) in [6.45, 7) is 2.01. The molecule has 1 heterocycles. The third kappa shape index (κ3) is 3.69. The Bertz CT molecular complexity index is 526. The fourth-order valence-corrected chi connectivity index (χ4v) is 2.78. The number of hydrogen-bond acceptors (Lipinski definition) is 5. The van der Waals surface area contributed by atoms with Gasteiger partial charge in [-0.05, 0) is 26.0 Å². The van der Waals surface area contributed by atoms with E-state index in [2.05, 4.69) is 4.90 Å². The van der Waals surface area contributed by atoms with Gasteiger partial charge >= 0.3 is 5.97 Å². The number of ether oxygens (including phenoxy) is 3. The molecule has 0 atom stereocenters. The summed E-state index contributed by atoms with van der Waals surface area (Å²) in [6, 6.07) is 3.65. The summed E-state index contributed by atoms with van der Waals surface area (Å²) in [5.74, 6) is 0.0370. The van der Waals surface area contributed by atoms with Gasteiger partial charge in [0, 0.05) is 37.4 Å². The van der Waals surface area contributed by atoms with Gasteiger partial charge in [0.1, 0.15) is 11.5 Å². The second-order valence-electron chi connectivity index (χ2n) is 5.42. The number of nitrogens with zero attached hydrogens (tertiary/aromatic N) is 1. The highest BCUT2D eigenvalue weighted by molar-refractivity contribution is 5.91. The summed E-state index contributed by atoms with van der Waals surface area (Å²) in [5, 5.41) is 9.48. The van der Waals surface area contributed by atoms with E-state index >= 15 is 0 Å². The highest BCUT2D eigenvalue weighted by Gasteiger charge is 2.23. The predicted molar refractivity (Wildman–Crippen MR) is 81.8 cm³/mol. The Hall–Kier alpha value is -1.79. The lowest BCUT2D eigenvalue weighted by Gasteiger charge is -2.31. The monoisotopic (exact) mass is 309 g/mol. The minimum atomic E-state index is -0.979. The van der Waals surface area contributed by atoms with Gasteiger partial charge in [0.15, 0.2) is 0 Å². The fourth-order valence-electron chi connectivity index (χ4n) is 2.78. The molecule has 2 rings (SSSR count). The molecule has 0 bridgehead atoms. The molecule has 122 valence electrons. The first-order chi connectivity index (χ1) is 10.6. The number of aromatic carboxylic acids is 1. The van der Waals surface area contributed by atoms with Crippen LogP contribution in [-0.2, 0) is 11.3 Å². The number of benzene rings is 1. The first-order valence-corrected chi connectivity index (χ1v) is 7.33. The van der Waals surface area contributed by atoms with Crippen LogP contribution in [0.1, 0.15) is 28.8 Å². The van der Waals surface area contributed by atoms with Crippen LogP contribution in [0, 0.1) is 0 Å². The van der Waals surface area contributed by atoms with Gasteiger partial charge in [0.05, 0.1) is 19.8 Å². The Kier molecular flexibility index (Phi) is 5.63. The number of rotatable bonds is 6. The standard InChI is InChI=1S/C16H23NO5/c1-17(11-4-6-22-7-5-11)10-14-13(16(18)19)8-12(20-2)9-15(14)21-3/h8-9,11H,4-7,10H2,1-3H3,(H,18,19). The van der Waals surface area contributed by atoms with Crippen LogP contribution in [0.5, 0.6) is 11.5 Å². The molecule has 0 radical (unpaired) electrons. The molecular formula is C16H23NO5. The van der Waals surface area contributed by atoms with Crippen molar-refractivity contribution in [3.63, 3.8) is 0 Å². The van der Waals surface area contributed by atoms with Crippen molar-refractivity contribution in [2.24, 2.45) is 0 Å². The molecular weight excluding hydrogens is 286 g/mol. The Morgan fingerprint density at radius 2 is 2.00 bits per heavy atom. The Morgan fingerprint density at radius 3 is 2.55 bits per heavy atom. The molecule has 1 fully saturated rings. The first-order valence-electron chi connectivity index (χ1n) is 7.33. The number of carboxylic acids is 1. The lowest BCUT2D eigenvalue weighted by molar-refractivity contribution is 0.0402. The molecule has 1 saturated heterocycles. The van der Waals surface area contributed by atoms with E-state index in [1.165, 1.54) is 13.2 Å². The predicted octanol–water partition coefficient (Wildman–Crippen LogP) is 2.01. The second kappa shape index (κ2) is 7.47. The number of hydrogen-bond donors (Lipinski definition) is 1. The van der Waals surface area contributed by atoms with E-state index in [0.717, 1.165) is 26.1 Å². The largest absolute Gasteiger partial charge is 0.497 e. The van der Waals surface area contributed by atoms with Gasteiger partial charge < -0.3 is 19.3 Å². The summed E-state index contributed by atoms with van der Waals surface area (Å²) >= 11 is 0. The second-order valence-corrected chi connectivity index (χ2v) is 5.42. The minimum Gasteiger partial charge on any atom is -0.497 e. The molecule has 1 aliphatic heterocycles. The van der Waals surface area contributed by atoms with Gasteiger partial charge in [-0.3, -0.25) is 4.90 Å². The van der Waals surface area contributed by atoms with Crippen LogP contribution in [0.15, 0.2) is 12.1 Å². The maximum atomic E-state index is 11.6. The highest BCUT2D eigenvalue weighted by Crippen LogP contribution is 2.31. The summed E-state index contributed by atoms with van der Waals surface area (Å²) in [6.07, 6.45) is 1.91. The van der Waals surface area contributed by atoms with Gasteiger partial charge in [-0.1, -0.05) is 0 Å². The lowest BCUT2D eigenvalue weighted by atomic mass is 10.0. The SMILES string of the molecule is COc1cc(OC)c(CN(C)C2CCOCC2)c(C(=O)O)c1. The van der Waals surface area contributed by atoms with E-state index in [-0.39, 0.29) is 5.56 Å². The van der Waals surface area contributed by atoms with E-state index in [9.17, 15) is 9.90 Å². The molecule has 0 amide bonds. The van der Waals surface area contributed by atoms with Crippen LogP contribution in [0.4, 0.5) is 0 Å². The van der Waals surface area contributed by atoms with Crippen LogP contribution in [0.25, 0.3) is 0 Å². The molecule has 0 unspecified atom stereocenters. The van der Waals surface area contributed by atoms with Crippen molar-refractivity contribution >= 4 is 5.97 Å². The van der Waals surface area contributed by atoms with Crippen molar-refractivity contribution in [1.29, 1.82) is 0 Å². The van der Waals surface area contributed by atoms with Crippen molar-refractivity contribution in [3.8, 4) is 11.5 Å². The average molecular weight is 309 g/mol. The highest BCUT2D eigenvalue weighted by atomic mass is 16.5. The zero-order chi connectivity index (χ0) is 16.1. The molecule has 0 saturated carbocycles. The molecule has 1 aromatic carbocycles. The van der Waals surface area contributed by atoms with Gasteiger partial charge in [-0.25, -0.2) is 4.79 Å². The minimum absolute atomic E-state index is 0.218. The molecule has 0 aliphatic carbocycles. The summed E-state index contributed by atoms with van der Waals surface area (Å²) in [4.78, 5) is 13.7. The zero-order valence-electron chi connectivity index (χ0n) is 13.3. The van der Waals surface area contributed by atoms with Crippen molar-refractivity contribution < 1.29 is 24.1 Å². The third-order valence-electron chi connectivity index (χ3n) is 4.09. The van der Waals surface area contributed by atoms with E-state index in [4.69, 9.17) is 14.2 Å². The Balaban J connectivity index is 2.29. The molecule has 0 aromatic heterocycles. The smallest absolute Gasteiger partial charge is 0.336 e. The average Bonchev–Trinajstić information content (AvgIpc) is 2.55. The van der Waals surface area contributed by atoms with Gasteiger partial charge in [0.25, 0.3) is 0 Å². The van der Waals surface area contributed by atoms with Gasteiger partial charge in [-0.2, -0.15) is 0 Å². The molecule has 1 aliphatic rings. The topological polar surface area (TPSA) is 68.2 Å². The van der Waals surface area contributed by atoms with E-state index in [1.54, 1.807) is 13.2 Å². The van der Waals surface area contributed by atoms with Crippen LogP contribution in [0.2, 0.25) is 0 Å². The molecule has 0 spiro atoms. The van der Waals surface area contributed by atoms with E-state index in [0.29, 0.717) is 29.6 Å². The molecule has 6 nitrogen and oxygen atoms in total. The van der Waals surface area contributed by atoms with Crippen molar-refractivity contribution in [2.45, 2.75) is 25.4 Å². The van der Waals surface area contributed by atoms with Gasteiger partial charge in [0.2, 0.25) is 0 Å². The fraction of sp³-hybridized carbons (Fsp3) is 0.562. The molecule has 22 heavy (non-hydrogen) atoms. The third-order valence-corrected chi connectivity index (χ3v) is 4.09. The molecule has 1 aromatic rings. The van der Waals surface area contributed by atoms with Crippen LogP contribution in [-0.4, -0.2) is 56.5 Å². The summed E-state index contributed by atoms with van der Waals surface area (Å²) in [7, 11) is 5.05. The van der Waals surface area contributed by atoms with Crippen molar-refractivity contribution in [1.82, 2.24) is 4.90 Å². The maximum Gasteiger partial charge on any atom is 0.336 e. The zero-order valence-corrected chi connectivity index (χ0v) is 13.3. The van der Waals surface area contributed by atoms with E-state index < -0.39 is 5.97 Å². The molecule has 6 heteroatoms. The van der Waals surface area contributed by atoms with Crippen LogP contribution >= 0.6 is 0 Å². The number of carboxylic acid groups (broad SMARTS) is 1. The van der Waals surface area contributed by atoms with Gasteiger partial charge in [-0.15, -0.1) is 0 Å². The van der Waals surface area contributed by atoms with Crippen LogP contribution < -0.4 is 9.47 Å². The van der Waals surface area contributed by atoms with Crippen molar-refractivity contribution in [2.75, 3.05) is 34.5 Å².